The van der Waals surface area contributed by atoms with E-state index in [-0.39, 0.29) is 12.1 Å². The molecule has 20 heavy (non-hydrogen) atoms. The minimum absolute atomic E-state index is 0.171. The first-order chi connectivity index (χ1) is 9.79. The van der Waals surface area contributed by atoms with Gasteiger partial charge in [0.15, 0.2) is 0 Å². The summed E-state index contributed by atoms with van der Waals surface area (Å²) in [6, 6.07) is 10.6. The standard InChI is InChI=1S/C16H21N3O/c1-17-16(15-11-19(2)9-10-20-15)13-5-3-7-14-12(13)6-4-8-18-14/h3-8,15-17H,9-11H2,1-2H3. The van der Waals surface area contributed by atoms with Crippen LogP contribution in [0.5, 0.6) is 0 Å². The van der Waals surface area contributed by atoms with Crippen LogP contribution in [0, 0.1) is 0 Å². The molecule has 1 saturated heterocycles. The molecule has 4 nitrogen and oxygen atoms in total. The Bertz CT molecular complexity index is 581. The van der Waals surface area contributed by atoms with Gasteiger partial charge in [0.25, 0.3) is 0 Å². The number of ether oxygens (including phenoxy) is 1. The lowest BCUT2D eigenvalue weighted by Crippen LogP contribution is -2.46. The van der Waals surface area contributed by atoms with Crippen molar-refractivity contribution in [1.82, 2.24) is 15.2 Å². The maximum absolute atomic E-state index is 5.98. The summed E-state index contributed by atoms with van der Waals surface area (Å²) in [5.74, 6) is 0. The zero-order chi connectivity index (χ0) is 13.9. The van der Waals surface area contributed by atoms with E-state index in [9.17, 15) is 0 Å². The zero-order valence-corrected chi connectivity index (χ0v) is 12.0. The maximum Gasteiger partial charge on any atom is 0.0896 e. The van der Waals surface area contributed by atoms with Gasteiger partial charge in [0.1, 0.15) is 0 Å². The molecule has 1 aromatic carbocycles. The van der Waals surface area contributed by atoms with Crippen molar-refractivity contribution in [2.45, 2.75) is 12.1 Å². The Morgan fingerprint density at radius 2 is 2.25 bits per heavy atom. The summed E-state index contributed by atoms with van der Waals surface area (Å²) in [6.07, 6.45) is 2.01. The Morgan fingerprint density at radius 1 is 1.35 bits per heavy atom. The molecular formula is C16H21N3O. The molecule has 3 rings (SSSR count). The van der Waals surface area contributed by atoms with E-state index < -0.39 is 0 Å². The highest BCUT2D eigenvalue weighted by atomic mass is 16.5. The number of rotatable bonds is 3. The van der Waals surface area contributed by atoms with Crippen LogP contribution < -0.4 is 5.32 Å². The van der Waals surface area contributed by atoms with E-state index in [0.29, 0.717) is 0 Å². The number of nitrogens with zero attached hydrogens (tertiary/aromatic N) is 2. The van der Waals surface area contributed by atoms with E-state index in [1.165, 1.54) is 10.9 Å². The molecule has 0 spiro atoms. The lowest BCUT2D eigenvalue weighted by atomic mass is 9.96. The topological polar surface area (TPSA) is 37.4 Å². The minimum atomic E-state index is 0.171. The molecule has 106 valence electrons. The summed E-state index contributed by atoms with van der Waals surface area (Å²) in [4.78, 5) is 6.76. The molecule has 2 heterocycles. The molecule has 1 aliphatic rings. The van der Waals surface area contributed by atoms with Crippen molar-refractivity contribution in [3.05, 3.63) is 42.1 Å². The predicted molar refractivity (Wildman–Crippen MR) is 80.8 cm³/mol. The fourth-order valence-corrected chi connectivity index (χ4v) is 2.95. The van der Waals surface area contributed by atoms with Crippen LogP contribution in [0.3, 0.4) is 0 Å². The van der Waals surface area contributed by atoms with Gasteiger partial charge in [-0.3, -0.25) is 4.98 Å². The number of likely N-dealkylation sites (N-methyl/N-ethyl adjacent to an activating group) is 2. The Hall–Kier alpha value is -1.49. The molecule has 0 bridgehead atoms. The zero-order valence-electron chi connectivity index (χ0n) is 12.0. The van der Waals surface area contributed by atoms with Gasteiger partial charge in [-0.05, 0) is 31.8 Å². The highest BCUT2D eigenvalue weighted by Crippen LogP contribution is 2.27. The van der Waals surface area contributed by atoms with Crippen LogP contribution >= 0.6 is 0 Å². The van der Waals surface area contributed by atoms with Gasteiger partial charge in [-0.2, -0.15) is 0 Å². The number of benzene rings is 1. The van der Waals surface area contributed by atoms with Crippen LogP contribution in [-0.4, -0.2) is 49.8 Å². The van der Waals surface area contributed by atoms with E-state index in [2.05, 4.69) is 46.5 Å². The normalized spacial score (nSPS) is 22.0. The molecule has 1 aliphatic heterocycles. The number of aromatic nitrogens is 1. The van der Waals surface area contributed by atoms with Crippen LogP contribution in [0.25, 0.3) is 10.9 Å². The summed E-state index contributed by atoms with van der Waals surface area (Å²) in [6.45, 7) is 2.74. The molecule has 2 unspecified atom stereocenters. The third-order valence-corrected chi connectivity index (χ3v) is 3.99. The molecule has 1 fully saturated rings. The molecule has 0 radical (unpaired) electrons. The average Bonchev–Trinajstić information content (AvgIpc) is 2.48. The van der Waals surface area contributed by atoms with E-state index in [4.69, 9.17) is 4.74 Å². The first-order valence-corrected chi connectivity index (χ1v) is 7.10. The van der Waals surface area contributed by atoms with Crippen molar-refractivity contribution in [3.8, 4) is 0 Å². The molecule has 0 saturated carbocycles. The van der Waals surface area contributed by atoms with Gasteiger partial charge in [0.2, 0.25) is 0 Å². The van der Waals surface area contributed by atoms with Gasteiger partial charge in [-0.1, -0.05) is 18.2 Å². The molecule has 4 heteroatoms. The lowest BCUT2D eigenvalue weighted by molar-refractivity contribution is -0.0377. The largest absolute Gasteiger partial charge is 0.374 e. The summed E-state index contributed by atoms with van der Waals surface area (Å²) < 4.78 is 5.98. The quantitative estimate of drug-likeness (QED) is 0.924. The molecule has 1 aromatic heterocycles. The summed E-state index contributed by atoms with van der Waals surface area (Å²) in [5, 5.41) is 4.62. The van der Waals surface area contributed by atoms with Crippen molar-refractivity contribution < 1.29 is 4.74 Å². The van der Waals surface area contributed by atoms with Gasteiger partial charge >= 0.3 is 0 Å². The Morgan fingerprint density at radius 3 is 3.05 bits per heavy atom. The predicted octanol–water partition coefficient (Wildman–Crippen LogP) is 1.83. The third-order valence-electron chi connectivity index (χ3n) is 3.99. The van der Waals surface area contributed by atoms with Crippen LogP contribution in [-0.2, 0) is 4.74 Å². The number of pyridine rings is 1. The molecule has 2 atom stereocenters. The van der Waals surface area contributed by atoms with Gasteiger partial charge in [0, 0.05) is 24.7 Å². The second-order valence-electron chi connectivity index (χ2n) is 5.36. The molecule has 0 amide bonds. The number of fused-ring (bicyclic) bond motifs is 1. The van der Waals surface area contributed by atoms with Crippen molar-refractivity contribution in [3.63, 3.8) is 0 Å². The minimum Gasteiger partial charge on any atom is -0.374 e. The average molecular weight is 271 g/mol. The van der Waals surface area contributed by atoms with Crippen LogP contribution in [0.2, 0.25) is 0 Å². The smallest absolute Gasteiger partial charge is 0.0896 e. The van der Waals surface area contributed by atoms with Crippen molar-refractivity contribution >= 4 is 10.9 Å². The number of morpholine rings is 1. The van der Waals surface area contributed by atoms with Crippen LogP contribution in [0.1, 0.15) is 11.6 Å². The Kier molecular flexibility index (Phi) is 3.96. The first-order valence-electron chi connectivity index (χ1n) is 7.10. The summed E-state index contributed by atoms with van der Waals surface area (Å²) in [5.41, 5.74) is 2.30. The van der Waals surface area contributed by atoms with E-state index >= 15 is 0 Å². The van der Waals surface area contributed by atoms with Crippen molar-refractivity contribution in [2.24, 2.45) is 0 Å². The van der Waals surface area contributed by atoms with Gasteiger partial charge in [-0.15, -0.1) is 0 Å². The number of nitrogens with one attached hydrogen (secondary N) is 1. The van der Waals surface area contributed by atoms with E-state index in [0.717, 1.165) is 25.2 Å². The van der Waals surface area contributed by atoms with E-state index in [1.807, 2.05) is 19.3 Å². The highest BCUT2D eigenvalue weighted by Gasteiger charge is 2.27. The first kappa shape index (κ1) is 13.5. The summed E-state index contributed by atoms with van der Waals surface area (Å²) >= 11 is 0. The second-order valence-corrected chi connectivity index (χ2v) is 5.36. The second kappa shape index (κ2) is 5.87. The fraction of sp³-hybridized carbons (Fsp3) is 0.438. The van der Waals surface area contributed by atoms with Crippen molar-refractivity contribution in [2.75, 3.05) is 33.8 Å². The monoisotopic (exact) mass is 271 g/mol. The molecular weight excluding hydrogens is 250 g/mol. The van der Waals surface area contributed by atoms with E-state index in [1.54, 1.807) is 0 Å². The lowest BCUT2D eigenvalue weighted by Gasteiger charge is -2.35. The van der Waals surface area contributed by atoms with Crippen LogP contribution in [0.4, 0.5) is 0 Å². The molecule has 1 N–H and O–H groups in total. The SMILES string of the molecule is CNC(c1cccc2ncccc12)C1CN(C)CCO1. The highest BCUT2D eigenvalue weighted by molar-refractivity contribution is 5.82. The molecule has 0 aliphatic carbocycles. The van der Waals surface area contributed by atoms with Crippen molar-refractivity contribution in [1.29, 1.82) is 0 Å². The maximum atomic E-state index is 5.98. The Labute approximate surface area is 119 Å². The number of hydrogen-bond donors (Lipinski definition) is 1. The number of hydrogen-bond acceptors (Lipinski definition) is 4. The summed E-state index contributed by atoms with van der Waals surface area (Å²) in [7, 11) is 4.14. The third kappa shape index (κ3) is 2.54. The van der Waals surface area contributed by atoms with Gasteiger partial charge in [0.05, 0.1) is 24.3 Å². The molecule has 2 aromatic rings. The fourth-order valence-electron chi connectivity index (χ4n) is 2.95. The van der Waals surface area contributed by atoms with Gasteiger partial charge < -0.3 is 15.0 Å². The van der Waals surface area contributed by atoms with Gasteiger partial charge in [-0.25, -0.2) is 0 Å². The van der Waals surface area contributed by atoms with Crippen LogP contribution in [0.15, 0.2) is 36.5 Å². The Balaban J connectivity index is 1.98.